The van der Waals surface area contributed by atoms with Crippen LogP contribution in [0.3, 0.4) is 0 Å². The third kappa shape index (κ3) is 5.77. The average molecular weight is 526 g/mol. The van der Waals surface area contributed by atoms with Gasteiger partial charge in [0, 0.05) is 54.5 Å². The van der Waals surface area contributed by atoms with Crippen molar-refractivity contribution in [3.05, 3.63) is 94.0 Å². The number of allylic oxidation sites excluding steroid dienone is 1. The van der Waals surface area contributed by atoms with Crippen LogP contribution in [-0.2, 0) is 0 Å². The van der Waals surface area contributed by atoms with Crippen LogP contribution in [0.1, 0.15) is 34.5 Å². The van der Waals surface area contributed by atoms with Crippen molar-refractivity contribution in [3.63, 3.8) is 0 Å². The SMILES string of the molecule is C=CCC1CN(c2nc(C)cc(NC(=O)c3ccc(Cl)cc3-n3ccc(C=C)cc3=O)n2)CCC1(F)F. The number of hydrogen-bond donors (Lipinski definition) is 1. The number of carbonyl (C=O) groups excluding carboxylic acids is 1. The molecule has 1 saturated heterocycles. The third-order valence-electron chi connectivity index (χ3n) is 6.21. The zero-order valence-corrected chi connectivity index (χ0v) is 21.0. The van der Waals surface area contributed by atoms with Gasteiger partial charge in [-0.05, 0) is 43.2 Å². The summed E-state index contributed by atoms with van der Waals surface area (Å²) in [6.45, 7) is 9.14. The number of aryl methyl sites for hydroxylation is 1. The van der Waals surface area contributed by atoms with Crippen molar-refractivity contribution in [2.75, 3.05) is 23.3 Å². The van der Waals surface area contributed by atoms with E-state index in [2.05, 4.69) is 28.4 Å². The number of amides is 1. The zero-order valence-electron chi connectivity index (χ0n) is 20.3. The first kappa shape index (κ1) is 26.2. The lowest BCUT2D eigenvalue weighted by Crippen LogP contribution is -2.47. The lowest BCUT2D eigenvalue weighted by atomic mass is 9.91. The number of nitrogens with one attached hydrogen (secondary N) is 1. The Morgan fingerprint density at radius 3 is 2.73 bits per heavy atom. The molecule has 1 amide bonds. The first-order valence-corrected chi connectivity index (χ1v) is 12.0. The van der Waals surface area contributed by atoms with Crippen molar-refractivity contribution >= 4 is 35.4 Å². The van der Waals surface area contributed by atoms with Crippen LogP contribution in [0.5, 0.6) is 0 Å². The molecule has 1 aliphatic heterocycles. The number of piperidine rings is 1. The third-order valence-corrected chi connectivity index (χ3v) is 6.45. The van der Waals surface area contributed by atoms with E-state index in [0.29, 0.717) is 22.0 Å². The standard InChI is InChI=1S/C27H26ClF2N5O2/c1-4-6-19-16-34(12-10-27(19,29)30)26-31-17(3)13-23(33-26)32-25(37)21-8-7-20(28)15-22(21)35-11-9-18(5-2)14-24(35)36/h4-5,7-9,11,13-15,19H,1-2,6,10,12,16H2,3H3,(H,31,32,33,37). The van der Waals surface area contributed by atoms with Gasteiger partial charge >= 0.3 is 0 Å². The van der Waals surface area contributed by atoms with E-state index in [1.165, 1.54) is 28.8 Å². The maximum atomic E-state index is 14.3. The molecule has 1 aromatic carbocycles. The Balaban J connectivity index is 1.63. The summed E-state index contributed by atoms with van der Waals surface area (Å²) in [5.74, 6) is -3.75. The van der Waals surface area contributed by atoms with Crippen molar-refractivity contribution < 1.29 is 13.6 Å². The summed E-state index contributed by atoms with van der Waals surface area (Å²) >= 11 is 6.18. The van der Waals surface area contributed by atoms with Gasteiger partial charge in [0.2, 0.25) is 5.95 Å². The van der Waals surface area contributed by atoms with Crippen molar-refractivity contribution in [1.82, 2.24) is 14.5 Å². The first-order chi connectivity index (χ1) is 17.6. The normalized spacial score (nSPS) is 16.8. The molecule has 0 spiro atoms. The minimum atomic E-state index is -2.79. The molecule has 10 heteroatoms. The van der Waals surface area contributed by atoms with Gasteiger partial charge in [-0.3, -0.25) is 14.2 Å². The molecule has 1 unspecified atom stereocenters. The van der Waals surface area contributed by atoms with Gasteiger partial charge in [0.05, 0.1) is 11.3 Å². The molecule has 0 radical (unpaired) electrons. The molecule has 1 atom stereocenters. The van der Waals surface area contributed by atoms with Gasteiger partial charge in [0.15, 0.2) is 0 Å². The Morgan fingerprint density at radius 1 is 1.24 bits per heavy atom. The van der Waals surface area contributed by atoms with Crippen molar-refractivity contribution in [1.29, 1.82) is 0 Å². The second-order valence-corrected chi connectivity index (χ2v) is 9.30. The van der Waals surface area contributed by atoms with E-state index < -0.39 is 17.7 Å². The summed E-state index contributed by atoms with van der Waals surface area (Å²) in [6.07, 6.45) is 4.43. The zero-order chi connectivity index (χ0) is 26.7. The molecular weight excluding hydrogens is 500 g/mol. The van der Waals surface area contributed by atoms with Crippen LogP contribution < -0.4 is 15.8 Å². The Hall–Kier alpha value is -3.85. The second-order valence-electron chi connectivity index (χ2n) is 8.86. The fourth-order valence-corrected chi connectivity index (χ4v) is 4.43. The molecule has 4 rings (SSSR count). The van der Waals surface area contributed by atoms with Gasteiger partial charge in [-0.15, -0.1) is 6.58 Å². The molecule has 1 N–H and O–H groups in total. The van der Waals surface area contributed by atoms with Crippen LogP contribution in [0.4, 0.5) is 20.5 Å². The average Bonchev–Trinajstić information content (AvgIpc) is 2.84. The summed E-state index contributed by atoms with van der Waals surface area (Å²) < 4.78 is 30.0. The minimum absolute atomic E-state index is 0.0703. The number of pyridine rings is 1. The maximum Gasteiger partial charge on any atom is 0.258 e. The lowest BCUT2D eigenvalue weighted by molar-refractivity contribution is -0.0710. The molecule has 0 aliphatic carbocycles. The molecule has 1 aliphatic rings. The number of carbonyl (C=O) groups is 1. The van der Waals surface area contributed by atoms with E-state index in [0.717, 1.165) is 0 Å². The van der Waals surface area contributed by atoms with E-state index in [1.807, 2.05) is 0 Å². The van der Waals surface area contributed by atoms with E-state index in [-0.39, 0.29) is 48.8 Å². The number of hydrogen-bond acceptors (Lipinski definition) is 5. The topological polar surface area (TPSA) is 80.1 Å². The van der Waals surface area contributed by atoms with Crippen molar-refractivity contribution in [3.8, 4) is 5.69 Å². The molecule has 0 bridgehead atoms. The molecule has 37 heavy (non-hydrogen) atoms. The Morgan fingerprint density at radius 2 is 2.03 bits per heavy atom. The molecule has 7 nitrogen and oxygen atoms in total. The molecular formula is C27H26ClF2N5O2. The summed E-state index contributed by atoms with van der Waals surface area (Å²) in [5, 5.41) is 3.10. The monoisotopic (exact) mass is 525 g/mol. The van der Waals surface area contributed by atoms with Crippen LogP contribution in [0.2, 0.25) is 5.02 Å². The van der Waals surface area contributed by atoms with Crippen LogP contribution in [-0.4, -0.2) is 39.5 Å². The molecule has 3 aromatic rings. The summed E-state index contributed by atoms with van der Waals surface area (Å²) in [5.41, 5.74) is 1.33. The fraction of sp³-hybridized carbons (Fsp3) is 0.259. The van der Waals surface area contributed by atoms with Gasteiger partial charge in [-0.2, -0.15) is 4.98 Å². The second kappa shape index (κ2) is 10.6. The molecule has 2 aromatic heterocycles. The van der Waals surface area contributed by atoms with Gasteiger partial charge in [0.25, 0.3) is 17.4 Å². The first-order valence-electron chi connectivity index (χ1n) is 11.7. The fourth-order valence-electron chi connectivity index (χ4n) is 4.27. The van der Waals surface area contributed by atoms with Gasteiger partial charge in [-0.25, -0.2) is 13.8 Å². The smallest absolute Gasteiger partial charge is 0.258 e. The van der Waals surface area contributed by atoms with E-state index in [4.69, 9.17) is 11.6 Å². The predicted octanol–water partition coefficient (Wildman–Crippen LogP) is 5.52. The van der Waals surface area contributed by atoms with Crippen LogP contribution in [0, 0.1) is 12.8 Å². The van der Waals surface area contributed by atoms with E-state index >= 15 is 0 Å². The van der Waals surface area contributed by atoms with Gasteiger partial charge < -0.3 is 10.2 Å². The Labute approximate surface area is 218 Å². The number of anilines is 2. The quantitative estimate of drug-likeness (QED) is 0.411. The van der Waals surface area contributed by atoms with Gasteiger partial charge in [-0.1, -0.05) is 30.3 Å². The molecule has 0 saturated carbocycles. The number of nitrogens with zero attached hydrogens (tertiary/aromatic N) is 4. The Kier molecular flexibility index (Phi) is 7.54. The highest BCUT2D eigenvalue weighted by Gasteiger charge is 2.43. The van der Waals surface area contributed by atoms with Gasteiger partial charge in [0.1, 0.15) is 5.82 Å². The summed E-state index contributed by atoms with van der Waals surface area (Å²) in [6, 6.07) is 9.27. The molecule has 3 heterocycles. The Bertz CT molecular complexity index is 1420. The van der Waals surface area contributed by atoms with Crippen molar-refractivity contribution in [2.45, 2.75) is 25.7 Å². The maximum absolute atomic E-state index is 14.3. The van der Waals surface area contributed by atoms with E-state index in [1.54, 1.807) is 42.3 Å². The highest BCUT2D eigenvalue weighted by Crippen LogP contribution is 2.37. The largest absolute Gasteiger partial charge is 0.340 e. The summed E-state index contributed by atoms with van der Waals surface area (Å²) in [7, 11) is 0. The van der Waals surface area contributed by atoms with Crippen LogP contribution in [0.15, 0.2) is 66.6 Å². The number of benzene rings is 1. The minimum Gasteiger partial charge on any atom is -0.340 e. The lowest BCUT2D eigenvalue weighted by Gasteiger charge is -2.38. The van der Waals surface area contributed by atoms with E-state index in [9.17, 15) is 18.4 Å². The van der Waals surface area contributed by atoms with Crippen LogP contribution >= 0.6 is 11.6 Å². The predicted molar refractivity (Wildman–Crippen MR) is 142 cm³/mol. The van der Waals surface area contributed by atoms with Crippen LogP contribution in [0.25, 0.3) is 11.8 Å². The number of alkyl halides is 2. The molecule has 1 fully saturated rings. The number of halogens is 3. The molecule has 192 valence electrons. The highest BCUT2D eigenvalue weighted by molar-refractivity contribution is 6.31. The van der Waals surface area contributed by atoms with Crippen molar-refractivity contribution in [2.24, 2.45) is 5.92 Å². The summed E-state index contributed by atoms with van der Waals surface area (Å²) in [4.78, 5) is 36.5. The number of aromatic nitrogens is 3. The number of rotatable bonds is 7. The highest BCUT2D eigenvalue weighted by atomic mass is 35.5.